The Hall–Kier alpha value is -3.35. The summed E-state index contributed by atoms with van der Waals surface area (Å²) < 4.78 is 0. The molecule has 7 heteroatoms. The molecule has 1 atom stereocenters. The molecular formula is C20H19N5O2. The van der Waals surface area contributed by atoms with E-state index in [9.17, 15) is 9.59 Å². The van der Waals surface area contributed by atoms with E-state index >= 15 is 0 Å². The van der Waals surface area contributed by atoms with Gasteiger partial charge in [-0.15, -0.1) is 10.2 Å². The van der Waals surface area contributed by atoms with Gasteiger partial charge in [0.25, 0.3) is 0 Å². The van der Waals surface area contributed by atoms with E-state index in [2.05, 4.69) is 15.4 Å². The van der Waals surface area contributed by atoms with Gasteiger partial charge in [-0.3, -0.25) is 9.59 Å². The molecule has 1 aliphatic rings. The molecule has 1 aliphatic heterocycles. The van der Waals surface area contributed by atoms with Gasteiger partial charge in [-0.05, 0) is 42.3 Å². The van der Waals surface area contributed by atoms with Gasteiger partial charge in [-0.25, -0.2) is 0 Å². The highest BCUT2D eigenvalue weighted by Gasteiger charge is 2.25. The largest absolute Gasteiger partial charge is 0.312 e. The molecule has 0 radical (unpaired) electrons. The van der Waals surface area contributed by atoms with Crippen molar-refractivity contribution < 1.29 is 9.59 Å². The summed E-state index contributed by atoms with van der Waals surface area (Å²) in [7, 11) is 0. The average molecular weight is 361 g/mol. The lowest BCUT2D eigenvalue weighted by Crippen LogP contribution is -2.25. The number of anilines is 1. The maximum absolute atomic E-state index is 12.9. The van der Waals surface area contributed by atoms with Crippen LogP contribution in [-0.4, -0.2) is 38.4 Å². The number of fused-ring (bicyclic) bond motifs is 1. The Morgan fingerprint density at radius 1 is 1.11 bits per heavy atom. The number of amides is 1. The standard InChI is InChI=1S/C20H19N5O2/c1-13(25-22-20(21-23-25)15-6-4-3-5-7-15)19(27)17-8-9-18-16(12-17)10-11-24(18)14(2)26/h3-9,12-13H,10-11H2,1-2H3/t13-/m0/s1. The SMILES string of the molecule is CC(=O)N1CCc2cc(C(=O)[C@H](C)n3nnc(-c4ccccc4)n3)ccc21. The third kappa shape index (κ3) is 3.12. The van der Waals surface area contributed by atoms with Gasteiger partial charge in [0.2, 0.25) is 11.7 Å². The number of tetrazole rings is 1. The Kier molecular flexibility index (Phi) is 4.27. The van der Waals surface area contributed by atoms with Crippen molar-refractivity contribution in [1.82, 2.24) is 20.2 Å². The number of hydrogen-bond acceptors (Lipinski definition) is 5. The van der Waals surface area contributed by atoms with Crippen LogP contribution in [0.1, 0.15) is 35.8 Å². The second-order valence-corrected chi connectivity index (χ2v) is 6.60. The fourth-order valence-corrected chi connectivity index (χ4v) is 3.32. The highest BCUT2D eigenvalue weighted by atomic mass is 16.2. The van der Waals surface area contributed by atoms with Crippen molar-refractivity contribution in [3.63, 3.8) is 0 Å². The van der Waals surface area contributed by atoms with Crippen molar-refractivity contribution in [3.8, 4) is 11.4 Å². The second-order valence-electron chi connectivity index (χ2n) is 6.60. The summed E-state index contributed by atoms with van der Waals surface area (Å²) in [6, 6.07) is 14.4. The molecule has 27 heavy (non-hydrogen) atoms. The van der Waals surface area contributed by atoms with Gasteiger partial charge in [0.15, 0.2) is 5.78 Å². The number of Topliss-reactive ketones (excluding diaryl/α,β-unsaturated/α-hetero) is 1. The number of benzene rings is 2. The third-order valence-corrected chi connectivity index (χ3v) is 4.83. The lowest BCUT2D eigenvalue weighted by atomic mass is 10.0. The topological polar surface area (TPSA) is 81.0 Å². The Morgan fingerprint density at radius 3 is 2.63 bits per heavy atom. The van der Waals surface area contributed by atoms with Gasteiger partial charge in [-0.2, -0.15) is 4.80 Å². The van der Waals surface area contributed by atoms with E-state index in [1.807, 2.05) is 42.5 Å². The maximum atomic E-state index is 12.9. The predicted molar refractivity (Wildman–Crippen MR) is 100 cm³/mol. The first kappa shape index (κ1) is 17.1. The second kappa shape index (κ2) is 6.75. The minimum absolute atomic E-state index is 0.0152. The summed E-state index contributed by atoms with van der Waals surface area (Å²) in [6.45, 7) is 3.97. The quantitative estimate of drug-likeness (QED) is 0.668. The number of hydrogen-bond donors (Lipinski definition) is 0. The molecule has 1 amide bonds. The van der Waals surface area contributed by atoms with Crippen LogP contribution in [0.4, 0.5) is 5.69 Å². The monoisotopic (exact) mass is 361 g/mol. The van der Waals surface area contributed by atoms with E-state index in [-0.39, 0.29) is 11.7 Å². The lowest BCUT2D eigenvalue weighted by molar-refractivity contribution is -0.116. The van der Waals surface area contributed by atoms with Crippen molar-refractivity contribution in [3.05, 3.63) is 59.7 Å². The minimum atomic E-state index is -0.571. The fraction of sp³-hybridized carbons (Fsp3) is 0.250. The molecule has 0 N–H and O–H groups in total. The van der Waals surface area contributed by atoms with Crippen LogP contribution in [0.25, 0.3) is 11.4 Å². The van der Waals surface area contributed by atoms with Crippen molar-refractivity contribution in [2.45, 2.75) is 26.3 Å². The summed E-state index contributed by atoms with van der Waals surface area (Å²) in [4.78, 5) is 27.7. The molecule has 4 rings (SSSR count). The predicted octanol–water partition coefficient (Wildman–Crippen LogP) is 2.69. The molecule has 0 saturated heterocycles. The zero-order valence-electron chi connectivity index (χ0n) is 15.2. The molecule has 0 fully saturated rings. The number of carbonyl (C=O) groups is 2. The van der Waals surface area contributed by atoms with Crippen molar-refractivity contribution in [2.24, 2.45) is 0 Å². The Labute approximate surface area is 156 Å². The van der Waals surface area contributed by atoms with Gasteiger partial charge in [0, 0.05) is 30.3 Å². The first-order valence-corrected chi connectivity index (χ1v) is 8.85. The van der Waals surface area contributed by atoms with Crippen LogP contribution >= 0.6 is 0 Å². The van der Waals surface area contributed by atoms with Crippen LogP contribution in [-0.2, 0) is 11.2 Å². The molecule has 0 spiro atoms. The molecule has 0 aliphatic carbocycles. The van der Waals surface area contributed by atoms with E-state index in [1.54, 1.807) is 24.8 Å². The third-order valence-electron chi connectivity index (χ3n) is 4.83. The molecular weight excluding hydrogens is 342 g/mol. The Bertz CT molecular complexity index is 1010. The van der Waals surface area contributed by atoms with Gasteiger partial charge in [-0.1, -0.05) is 30.3 Å². The lowest BCUT2D eigenvalue weighted by Gasteiger charge is -2.15. The number of aromatic nitrogens is 4. The highest BCUT2D eigenvalue weighted by Crippen LogP contribution is 2.30. The van der Waals surface area contributed by atoms with Gasteiger partial charge < -0.3 is 4.90 Å². The molecule has 0 bridgehead atoms. The summed E-state index contributed by atoms with van der Waals surface area (Å²) in [5.74, 6) is 0.416. The molecule has 3 aromatic rings. The van der Waals surface area contributed by atoms with Crippen LogP contribution in [0.3, 0.4) is 0 Å². The fourth-order valence-electron chi connectivity index (χ4n) is 3.32. The van der Waals surface area contributed by atoms with Gasteiger partial charge in [0.1, 0.15) is 6.04 Å². The van der Waals surface area contributed by atoms with Crippen molar-refractivity contribution in [2.75, 3.05) is 11.4 Å². The molecule has 0 unspecified atom stereocenters. The highest BCUT2D eigenvalue weighted by molar-refractivity contribution is 6.00. The maximum Gasteiger partial charge on any atom is 0.223 e. The Balaban J connectivity index is 1.57. The zero-order chi connectivity index (χ0) is 19.0. The van der Waals surface area contributed by atoms with E-state index in [1.165, 1.54) is 4.80 Å². The number of nitrogens with zero attached hydrogens (tertiary/aromatic N) is 5. The summed E-state index contributed by atoms with van der Waals surface area (Å²) in [6.07, 6.45) is 0.754. The molecule has 0 saturated carbocycles. The van der Waals surface area contributed by atoms with E-state index in [0.717, 1.165) is 23.2 Å². The molecule has 1 aromatic heterocycles. The van der Waals surface area contributed by atoms with Crippen LogP contribution in [0, 0.1) is 0 Å². The summed E-state index contributed by atoms with van der Waals surface area (Å²) in [5, 5.41) is 12.5. The zero-order valence-corrected chi connectivity index (χ0v) is 15.2. The summed E-state index contributed by atoms with van der Waals surface area (Å²) in [5.41, 5.74) is 3.34. The Morgan fingerprint density at radius 2 is 1.89 bits per heavy atom. The number of carbonyl (C=O) groups excluding carboxylic acids is 2. The van der Waals surface area contributed by atoms with E-state index in [0.29, 0.717) is 17.9 Å². The molecule has 7 nitrogen and oxygen atoms in total. The molecule has 136 valence electrons. The van der Waals surface area contributed by atoms with Crippen LogP contribution in [0.2, 0.25) is 0 Å². The van der Waals surface area contributed by atoms with Crippen LogP contribution in [0.5, 0.6) is 0 Å². The molecule has 2 heterocycles. The minimum Gasteiger partial charge on any atom is -0.312 e. The molecule has 2 aromatic carbocycles. The van der Waals surface area contributed by atoms with E-state index in [4.69, 9.17) is 0 Å². The normalized spacial score (nSPS) is 14.1. The van der Waals surface area contributed by atoms with Gasteiger partial charge >= 0.3 is 0 Å². The van der Waals surface area contributed by atoms with Crippen molar-refractivity contribution in [1.29, 1.82) is 0 Å². The van der Waals surface area contributed by atoms with Crippen LogP contribution in [0.15, 0.2) is 48.5 Å². The van der Waals surface area contributed by atoms with Crippen LogP contribution < -0.4 is 4.90 Å². The van der Waals surface area contributed by atoms with Crippen molar-refractivity contribution >= 4 is 17.4 Å². The number of ketones is 1. The number of rotatable bonds is 4. The van der Waals surface area contributed by atoms with E-state index < -0.39 is 6.04 Å². The summed E-state index contributed by atoms with van der Waals surface area (Å²) >= 11 is 0. The first-order chi connectivity index (χ1) is 13.0. The average Bonchev–Trinajstić information content (AvgIpc) is 3.34. The first-order valence-electron chi connectivity index (χ1n) is 8.85. The smallest absolute Gasteiger partial charge is 0.223 e. The van der Waals surface area contributed by atoms with Gasteiger partial charge in [0.05, 0.1) is 0 Å².